The first-order chi connectivity index (χ1) is 4.34. The zero-order chi connectivity index (χ0) is 6.69. The maximum Gasteiger partial charge on any atom is 0.0874 e. The van der Waals surface area contributed by atoms with Gasteiger partial charge in [-0.15, -0.1) is 0 Å². The molecule has 2 atom stereocenters. The monoisotopic (exact) mass is 163 g/mol. The van der Waals surface area contributed by atoms with Crippen LogP contribution in [0.5, 0.6) is 0 Å². The van der Waals surface area contributed by atoms with E-state index in [4.69, 9.17) is 0 Å². The molecule has 2 heteroatoms. The molecule has 2 unspecified atom stereocenters. The highest BCUT2D eigenvalue weighted by molar-refractivity contribution is 4.59. The van der Waals surface area contributed by atoms with Crippen LogP contribution in [-0.4, -0.2) is 19.6 Å². The minimum Gasteiger partial charge on any atom is -1.00 e. The Labute approximate surface area is 70.2 Å². The third kappa shape index (κ3) is 2.47. The molecule has 0 spiro atoms. The van der Waals surface area contributed by atoms with E-state index in [9.17, 15) is 0 Å². The van der Waals surface area contributed by atoms with Crippen molar-refractivity contribution in [1.29, 1.82) is 0 Å². The smallest absolute Gasteiger partial charge is 0.0874 e. The molecule has 0 aromatic carbocycles. The Morgan fingerprint density at radius 3 is 2.60 bits per heavy atom. The second kappa shape index (κ2) is 4.97. The predicted octanol–water partition coefficient (Wildman–Crippen LogP) is -2.53. The minimum atomic E-state index is 0. The van der Waals surface area contributed by atoms with Crippen LogP contribution in [0.2, 0.25) is 0 Å². The zero-order valence-corrected chi connectivity index (χ0v) is 7.75. The van der Waals surface area contributed by atoms with Crippen LogP contribution in [-0.2, 0) is 0 Å². The fraction of sp³-hybridized carbons (Fsp3) is 1.00. The summed E-state index contributed by atoms with van der Waals surface area (Å²) in [6, 6.07) is 0.995. The van der Waals surface area contributed by atoms with Gasteiger partial charge in [0.05, 0.1) is 19.6 Å². The van der Waals surface area contributed by atoms with Crippen molar-refractivity contribution in [2.45, 2.75) is 38.6 Å². The van der Waals surface area contributed by atoms with Crippen molar-refractivity contribution in [3.63, 3.8) is 0 Å². The van der Waals surface area contributed by atoms with Gasteiger partial charge in [0.1, 0.15) is 0 Å². The molecule has 1 fully saturated rings. The van der Waals surface area contributed by atoms with E-state index in [1.54, 1.807) is 4.90 Å². The van der Waals surface area contributed by atoms with E-state index in [2.05, 4.69) is 14.0 Å². The van der Waals surface area contributed by atoms with Gasteiger partial charge in [0.25, 0.3) is 0 Å². The zero-order valence-electron chi connectivity index (χ0n) is 6.99. The standard InChI is InChI=1S/C8H17N.ClH/c1-3-5-8-6-4-7-9(8)2;/h8H,3-7H2,1-2H3;1H. The molecule has 1 aliphatic rings. The normalized spacial score (nSPS) is 31.8. The minimum absolute atomic E-state index is 0. The van der Waals surface area contributed by atoms with Gasteiger partial charge in [-0.25, -0.2) is 0 Å². The fourth-order valence-electron chi connectivity index (χ4n) is 1.82. The van der Waals surface area contributed by atoms with Crippen molar-refractivity contribution in [1.82, 2.24) is 0 Å². The molecule has 0 aromatic rings. The summed E-state index contributed by atoms with van der Waals surface area (Å²) in [4.78, 5) is 1.76. The summed E-state index contributed by atoms with van der Waals surface area (Å²) in [5.41, 5.74) is 0. The van der Waals surface area contributed by atoms with Crippen molar-refractivity contribution in [2.24, 2.45) is 0 Å². The van der Waals surface area contributed by atoms with Crippen molar-refractivity contribution >= 4 is 0 Å². The summed E-state index contributed by atoms with van der Waals surface area (Å²) in [5.74, 6) is 0. The van der Waals surface area contributed by atoms with Crippen LogP contribution in [0.1, 0.15) is 32.6 Å². The van der Waals surface area contributed by atoms with Crippen LogP contribution < -0.4 is 17.3 Å². The average molecular weight is 164 g/mol. The molecule has 1 saturated heterocycles. The number of hydrogen-bond donors (Lipinski definition) is 1. The Morgan fingerprint density at radius 1 is 1.50 bits per heavy atom. The van der Waals surface area contributed by atoms with Crippen LogP contribution >= 0.6 is 0 Å². The van der Waals surface area contributed by atoms with Gasteiger partial charge in [-0.05, 0) is 6.42 Å². The van der Waals surface area contributed by atoms with Crippen LogP contribution in [0.4, 0.5) is 0 Å². The maximum absolute atomic E-state index is 2.33. The lowest BCUT2D eigenvalue weighted by molar-refractivity contribution is -0.892. The summed E-state index contributed by atoms with van der Waals surface area (Å²) >= 11 is 0. The van der Waals surface area contributed by atoms with Crippen molar-refractivity contribution in [3.8, 4) is 0 Å². The highest BCUT2D eigenvalue weighted by atomic mass is 35.5. The number of quaternary nitrogens is 1. The molecule has 0 saturated carbocycles. The first kappa shape index (κ1) is 10.2. The second-order valence-corrected chi connectivity index (χ2v) is 3.22. The largest absolute Gasteiger partial charge is 1.00 e. The third-order valence-electron chi connectivity index (χ3n) is 2.46. The quantitative estimate of drug-likeness (QED) is 0.458. The number of hydrogen-bond acceptors (Lipinski definition) is 0. The maximum atomic E-state index is 2.33. The first-order valence-corrected chi connectivity index (χ1v) is 4.17. The van der Waals surface area contributed by atoms with E-state index >= 15 is 0 Å². The molecule has 10 heavy (non-hydrogen) atoms. The van der Waals surface area contributed by atoms with Crippen LogP contribution in [0.25, 0.3) is 0 Å². The highest BCUT2D eigenvalue weighted by Gasteiger charge is 2.22. The Morgan fingerprint density at radius 2 is 2.20 bits per heavy atom. The van der Waals surface area contributed by atoms with Crippen molar-refractivity contribution < 1.29 is 17.3 Å². The summed E-state index contributed by atoms with van der Waals surface area (Å²) in [6.07, 6.45) is 5.73. The average Bonchev–Trinajstić information content (AvgIpc) is 2.18. The molecule has 1 rings (SSSR count). The summed E-state index contributed by atoms with van der Waals surface area (Å²) < 4.78 is 0. The van der Waals surface area contributed by atoms with Gasteiger partial charge in [-0.1, -0.05) is 13.3 Å². The Balaban J connectivity index is 0.000000810. The predicted molar refractivity (Wildman–Crippen MR) is 39.7 cm³/mol. The number of rotatable bonds is 2. The lowest BCUT2D eigenvalue weighted by Gasteiger charge is -2.14. The Kier molecular flexibility index (Phi) is 5.10. The lowest BCUT2D eigenvalue weighted by Crippen LogP contribution is -3.10. The topological polar surface area (TPSA) is 4.44 Å². The molecule has 0 aromatic heterocycles. The third-order valence-corrected chi connectivity index (χ3v) is 2.46. The summed E-state index contributed by atoms with van der Waals surface area (Å²) in [7, 11) is 2.33. The van der Waals surface area contributed by atoms with Gasteiger partial charge in [-0.3, -0.25) is 0 Å². The molecule has 0 aliphatic carbocycles. The SMILES string of the molecule is CCCC1CCC[NH+]1C.[Cl-]. The van der Waals surface area contributed by atoms with Crippen LogP contribution in [0, 0.1) is 0 Å². The Bertz CT molecular complexity index is 85.3. The second-order valence-electron chi connectivity index (χ2n) is 3.22. The van der Waals surface area contributed by atoms with Crippen molar-refractivity contribution in [3.05, 3.63) is 0 Å². The molecule has 1 heterocycles. The van der Waals surface area contributed by atoms with E-state index in [0.717, 1.165) is 6.04 Å². The lowest BCUT2D eigenvalue weighted by atomic mass is 10.1. The molecule has 0 radical (unpaired) electrons. The number of nitrogens with one attached hydrogen (secondary N) is 1. The van der Waals surface area contributed by atoms with E-state index in [1.165, 1.54) is 32.2 Å². The van der Waals surface area contributed by atoms with Crippen LogP contribution in [0.15, 0.2) is 0 Å². The number of likely N-dealkylation sites (tertiary alicyclic amines) is 1. The van der Waals surface area contributed by atoms with E-state index in [-0.39, 0.29) is 12.4 Å². The summed E-state index contributed by atoms with van der Waals surface area (Å²) in [5, 5.41) is 0. The van der Waals surface area contributed by atoms with Crippen LogP contribution in [0.3, 0.4) is 0 Å². The molecule has 1 N–H and O–H groups in total. The van der Waals surface area contributed by atoms with E-state index in [1.807, 2.05) is 0 Å². The van der Waals surface area contributed by atoms with Gasteiger partial charge in [0, 0.05) is 12.8 Å². The molecular formula is C8H18ClN. The Hall–Kier alpha value is 0.250. The van der Waals surface area contributed by atoms with Gasteiger partial charge in [0.2, 0.25) is 0 Å². The highest BCUT2D eigenvalue weighted by Crippen LogP contribution is 2.04. The molecule has 0 bridgehead atoms. The van der Waals surface area contributed by atoms with Gasteiger partial charge < -0.3 is 17.3 Å². The van der Waals surface area contributed by atoms with E-state index < -0.39 is 0 Å². The van der Waals surface area contributed by atoms with Crippen molar-refractivity contribution in [2.75, 3.05) is 13.6 Å². The first-order valence-electron chi connectivity index (χ1n) is 4.17. The molecule has 0 amide bonds. The molecule has 1 nitrogen and oxygen atoms in total. The molecular weight excluding hydrogens is 146 g/mol. The molecule has 62 valence electrons. The molecule has 1 aliphatic heterocycles. The van der Waals surface area contributed by atoms with Gasteiger partial charge >= 0.3 is 0 Å². The van der Waals surface area contributed by atoms with Gasteiger partial charge in [0.15, 0.2) is 0 Å². The van der Waals surface area contributed by atoms with E-state index in [0.29, 0.717) is 0 Å². The summed E-state index contributed by atoms with van der Waals surface area (Å²) in [6.45, 7) is 3.69. The fourth-order valence-corrected chi connectivity index (χ4v) is 1.82. The number of halogens is 1. The van der Waals surface area contributed by atoms with Gasteiger partial charge in [-0.2, -0.15) is 0 Å².